The first-order valence-electron chi connectivity index (χ1n) is 9.79. The lowest BCUT2D eigenvalue weighted by atomic mass is 10.1. The highest BCUT2D eigenvalue weighted by Crippen LogP contribution is 2.27. The Morgan fingerprint density at radius 2 is 1.96 bits per heavy atom. The van der Waals surface area contributed by atoms with Crippen LogP contribution in [0.15, 0.2) is 23.2 Å². The Bertz CT molecular complexity index is 658. The summed E-state index contributed by atoms with van der Waals surface area (Å²) in [5.74, 6) is 2.20. The van der Waals surface area contributed by atoms with E-state index >= 15 is 0 Å². The molecule has 28 heavy (non-hydrogen) atoms. The van der Waals surface area contributed by atoms with Crippen molar-refractivity contribution >= 4 is 12.1 Å². The fourth-order valence-electron chi connectivity index (χ4n) is 3.09. The molecular formula is C20H32N4O4. The lowest BCUT2D eigenvalue weighted by Gasteiger charge is -2.32. The molecule has 0 atom stereocenters. The van der Waals surface area contributed by atoms with Gasteiger partial charge >= 0.3 is 6.09 Å². The maximum Gasteiger partial charge on any atom is 0.409 e. The van der Waals surface area contributed by atoms with Crippen LogP contribution in [0.1, 0.15) is 32.3 Å². The Labute approximate surface area is 167 Å². The zero-order chi connectivity index (χ0) is 20.4. The summed E-state index contributed by atoms with van der Waals surface area (Å²) >= 11 is 0. The first kappa shape index (κ1) is 21.7. The predicted molar refractivity (Wildman–Crippen MR) is 109 cm³/mol. The summed E-state index contributed by atoms with van der Waals surface area (Å²) < 4.78 is 16.0. The number of nitrogens with one attached hydrogen (secondary N) is 2. The molecule has 1 fully saturated rings. The second-order valence-electron chi connectivity index (χ2n) is 6.45. The number of carbonyl (C=O) groups excluding carboxylic acids is 1. The molecule has 0 spiro atoms. The third-order valence-electron chi connectivity index (χ3n) is 4.57. The van der Waals surface area contributed by atoms with Gasteiger partial charge in [0.25, 0.3) is 0 Å². The first-order chi connectivity index (χ1) is 13.6. The standard InChI is InChI=1S/C20H32N4O4/c1-5-27-18-13-15(7-8-17(18)26-4)14-22-19(21-3)23-16-9-11-24(12-10-16)20(25)28-6-2/h7-8,13,16H,5-6,9-12,14H2,1-4H3,(H2,21,22,23). The third-order valence-corrected chi connectivity index (χ3v) is 4.57. The van der Waals surface area contributed by atoms with Gasteiger partial charge in [0, 0.05) is 32.7 Å². The van der Waals surface area contributed by atoms with Crippen molar-refractivity contribution in [2.75, 3.05) is 40.5 Å². The summed E-state index contributed by atoms with van der Waals surface area (Å²) in [6.07, 6.45) is 1.49. The number of likely N-dealkylation sites (tertiary alicyclic amines) is 1. The minimum atomic E-state index is -0.229. The van der Waals surface area contributed by atoms with Gasteiger partial charge < -0.3 is 29.7 Å². The molecule has 0 radical (unpaired) electrons. The van der Waals surface area contributed by atoms with Crippen molar-refractivity contribution in [2.45, 2.75) is 39.3 Å². The molecule has 2 rings (SSSR count). The van der Waals surface area contributed by atoms with Crippen LogP contribution >= 0.6 is 0 Å². The van der Waals surface area contributed by atoms with E-state index in [1.807, 2.05) is 32.0 Å². The number of carbonyl (C=O) groups is 1. The largest absolute Gasteiger partial charge is 0.493 e. The monoisotopic (exact) mass is 392 g/mol. The van der Waals surface area contributed by atoms with Gasteiger partial charge in [-0.3, -0.25) is 4.99 Å². The fraction of sp³-hybridized carbons (Fsp3) is 0.600. The average molecular weight is 393 g/mol. The molecule has 1 aromatic rings. The molecule has 8 nitrogen and oxygen atoms in total. The zero-order valence-corrected chi connectivity index (χ0v) is 17.3. The summed E-state index contributed by atoms with van der Waals surface area (Å²) in [6.45, 7) is 6.75. The van der Waals surface area contributed by atoms with Crippen molar-refractivity contribution in [1.82, 2.24) is 15.5 Å². The van der Waals surface area contributed by atoms with Crippen LogP contribution in [-0.4, -0.2) is 63.5 Å². The number of hydrogen-bond donors (Lipinski definition) is 2. The quantitative estimate of drug-likeness (QED) is 0.548. The minimum absolute atomic E-state index is 0.229. The van der Waals surface area contributed by atoms with Crippen LogP contribution in [0.2, 0.25) is 0 Å². The van der Waals surface area contributed by atoms with Crippen LogP contribution in [-0.2, 0) is 11.3 Å². The van der Waals surface area contributed by atoms with E-state index in [1.165, 1.54) is 0 Å². The maximum atomic E-state index is 11.8. The van der Waals surface area contributed by atoms with Gasteiger partial charge in [0.2, 0.25) is 0 Å². The number of nitrogens with zero attached hydrogens (tertiary/aromatic N) is 2. The van der Waals surface area contributed by atoms with Crippen molar-refractivity contribution in [3.8, 4) is 11.5 Å². The van der Waals surface area contributed by atoms with E-state index in [4.69, 9.17) is 14.2 Å². The third kappa shape index (κ3) is 6.21. The molecule has 1 heterocycles. The molecule has 156 valence electrons. The van der Waals surface area contributed by atoms with Gasteiger partial charge in [-0.15, -0.1) is 0 Å². The molecule has 1 amide bonds. The van der Waals surface area contributed by atoms with Crippen LogP contribution in [0.4, 0.5) is 4.79 Å². The number of amides is 1. The minimum Gasteiger partial charge on any atom is -0.493 e. The lowest BCUT2D eigenvalue weighted by Crippen LogP contribution is -2.49. The Morgan fingerprint density at radius 3 is 2.57 bits per heavy atom. The number of aliphatic imine (C=N–C) groups is 1. The molecule has 0 aromatic heterocycles. The smallest absolute Gasteiger partial charge is 0.409 e. The summed E-state index contributed by atoms with van der Waals surface area (Å²) in [4.78, 5) is 17.9. The van der Waals surface area contributed by atoms with Gasteiger partial charge in [0.15, 0.2) is 17.5 Å². The van der Waals surface area contributed by atoms with Crippen molar-refractivity contribution in [3.05, 3.63) is 23.8 Å². The number of hydrogen-bond acceptors (Lipinski definition) is 5. The van der Waals surface area contributed by atoms with E-state index in [9.17, 15) is 4.79 Å². The van der Waals surface area contributed by atoms with E-state index in [0.29, 0.717) is 32.8 Å². The van der Waals surface area contributed by atoms with Crippen molar-refractivity contribution < 1.29 is 19.0 Å². The van der Waals surface area contributed by atoms with Crippen molar-refractivity contribution in [2.24, 2.45) is 4.99 Å². The van der Waals surface area contributed by atoms with Gasteiger partial charge in [0.1, 0.15) is 0 Å². The number of ether oxygens (including phenoxy) is 3. The second-order valence-corrected chi connectivity index (χ2v) is 6.45. The van der Waals surface area contributed by atoms with Gasteiger partial charge in [-0.25, -0.2) is 4.79 Å². The normalized spacial score (nSPS) is 15.1. The Balaban J connectivity index is 1.84. The van der Waals surface area contributed by atoms with E-state index < -0.39 is 0 Å². The maximum absolute atomic E-state index is 11.8. The predicted octanol–water partition coefficient (Wildman–Crippen LogP) is 2.38. The molecular weight excluding hydrogens is 360 g/mol. The molecule has 1 aliphatic heterocycles. The molecule has 1 saturated heterocycles. The van der Waals surface area contributed by atoms with Gasteiger partial charge in [-0.1, -0.05) is 6.07 Å². The average Bonchev–Trinajstić information content (AvgIpc) is 2.72. The highest BCUT2D eigenvalue weighted by atomic mass is 16.6. The molecule has 0 saturated carbocycles. The Hall–Kier alpha value is -2.64. The number of piperidine rings is 1. The SMILES string of the molecule is CCOC(=O)N1CCC(NC(=NC)NCc2ccc(OC)c(OCC)c2)CC1. The molecule has 1 aliphatic rings. The van der Waals surface area contributed by atoms with E-state index in [2.05, 4.69) is 15.6 Å². The number of benzene rings is 1. The molecule has 2 N–H and O–H groups in total. The Morgan fingerprint density at radius 1 is 1.21 bits per heavy atom. The van der Waals surface area contributed by atoms with Crippen LogP contribution in [0, 0.1) is 0 Å². The van der Waals surface area contributed by atoms with Gasteiger partial charge in [-0.2, -0.15) is 0 Å². The van der Waals surface area contributed by atoms with E-state index in [1.54, 1.807) is 19.1 Å². The topological polar surface area (TPSA) is 84.4 Å². The molecule has 8 heteroatoms. The Kier molecular flexibility index (Phi) is 8.71. The number of guanidine groups is 1. The molecule has 0 unspecified atom stereocenters. The van der Waals surface area contributed by atoms with E-state index in [-0.39, 0.29) is 12.1 Å². The van der Waals surface area contributed by atoms with Crippen molar-refractivity contribution in [3.63, 3.8) is 0 Å². The highest BCUT2D eigenvalue weighted by Gasteiger charge is 2.24. The summed E-state index contributed by atoms with van der Waals surface area (Å²) in [6, 6.07) is 6.15. The van der Waals surface area contributed by atoms with Crippen LogP contribution in [0.25, 0.3) is 0 Å². The molecule has 0 aliphatic carbocycles. The molecule has 0 bridgehead atoms. The summed E-state index contributed by atoms with van der Waals surface area (Å²) in [5.41, 5.74) is 1.07. The zero-order valence-electron chi connectivity index (χ0n) is 17.3. The second kappa shape index (κ2) is 11.3. The molecule has 1 aromatic carbocycles. The summed E-state index contributed by atoms with van der Waals surface area (Å²) in [7, 11) is 3.39. The lowest BCUT2D eigenvalue weighted by molar-refractivity contribution is 0.0963. The van der Waals surface area contributed by atoms with E-state index in [0.717, 1.165) is 35.9 Å². The van der Waals surface area contributed by atoms with Crippen LogP contribution < -0.4 is 20.1 Å². The van der Waals surface area contributed by atoms with Crippen LogP contribution in [0.5, 0.6) is 11.5 Å². The number of methoxy groups -OCH3 is 1. The van der Waals surface area contributed by atoms with Crippen LogP contribution in [0.3, 0.4) is 0 Å². The van der Waals surface area contributed by atoms with Gasteiger partial charge in [-0.05, 0) is 44.4 Å². The van der Waals surface area contributed by atoms with Crippen molar-refractivity contribution in [1.29, 1.82) is 0 Å². The fourth-order valence-corrected chi connectivity index (χ4v) is 3.09. The van der Waals surface area contributed by atoms with Gasteiger partial charge in [0.05, 0.1) is 20.3 Å². The highest BCUT2D eigenvalue weighted by molar-refractivity contribution is 5.80. The number of rotatable bonds is 7. The first-order valence-corrected chi connectivity index (χ1v) is 9.79. The summed E-state index contributed by atoms with van der Waals surface area (Å²) in [5, 5.41) is 6.77.